The maximum Gasteiger partial charge on any atom is 0.349 e. The summed E-state index contributed by atoms with van der Waals surface area (Å²) in [5.74, 6) is -0.855. The lowest BCUT2D eigenvalue weighted by molar-refractivity contribution is -0.913. The second kappa shape index (κ2) is 20.2. The molecule has 66 heavy (non-hydrogen) atoms. The number of anilines is 1. The van der Waals surface area contributed by atoms with Crippen LogP contribution < -0.4 is 15.8 Å². The average molecular weight is 939 g/mol. The molecule has 15 atom stereocenters. The van der Waals surface area contributed by atoms with Crippen LogP contribution in [0, 0.1) is 0 Å². The predicted octanol–water partition coefficient (Wildman–Crippen LogP) is -1.04. The maximum atomic E-state index is 14.2. The van der Waals surface area contributed by atoms with Gasteiger partial charge in [0, 0.05) is 29.7 Å². The van der Waals surface area contributed by atoms with E-state index in [-0.39, 0.29) is 20.6 Å². The van der Waals surface area contributed by atoms with Crippen LogP contribution in [-0.2, 0) is 46.0 Å². The van der Waals surface area contributed by atoms with Crippen molar-refractivity contribution in [3.63, 3.8) is 0 Å². The van der Waals surface area contributed by atoms with Crippen molar-refractivity contribution < 1.29 is 82.0 Å². The summed E-state index contributed by atoms with van der Waals surface area (Å²) >= 11 is 0. The largest absolute Gasteiger partial charge is 0.422 e. The maximum absolute atomic E-state index is 14.2. The number of amides is 1. The molecule has 1 aromatic heterocycles. The molecule has 5 aliphatic rings. The number of aliphatic hydroxyl groups excluding tert-OH is 6. The molecule has 7 rings (SSSR count). The Morgan fingerprint density at radius 1 is 0.727 bits per heavy atom. The van der Waals surface area contributed by atoms with Crippen LogP contribution in [0.15, 0.2) is 21.3 Å². The summed E-state index contributed by atoms with van der Waals surface area (Å²) in [6, 6.07) is 0.318. The van der Waals surface area contributed by atoms with E-state index in [1.807, 2.05) is 41.1 Å². The van der Waals surface area contributed by atoms with E-state index < -0.39 is 129 Å². The highest BCUT2D eigenvalue weighted by atomic mass is 16.8. The molecule has 5 aliphatic heterocycles. The molecule has 0 aliphatic carbocycles. The van der Waals surface area contributed by atoms with Gasteiger partial charge in [0.25, 0.3) is 5.91 Å². The lowest BCUT2D eigenvalue weighted by Gasteiger charge is -2.53. The Morgan fingerprint density at radius 2 is 1.23 bits per heavy atom. The van der Waals surface area contributed by atoms with E-state index in [9.17, 15) is 40.2 Å². The SMILES string of the molecule is CC(C)O[C@@H]1OC(CO)[C@H](O[C@@H]2OC(CO)[C@H](O[C@@H]3OC(CO)[C@H](OC(C)C)[C@H](O)C3[N+](C)(C)C)[C@H](O)C2[N+](C)(C)C)[C@H](O)C1NC(=O)c1cc2cc3c4c(c2oc1=O)CCCN4CCC3. The molecule has 7 N–H and O–H groups in total. The van der Waals surface area contributed by atoms with Crippen LogP contribution in [0.3, 0.4) is 0 Å². The first-order chi connectivity index (χ1) is 31.1. The monoisotopic (exact) mass is 939 g/mol. The van der Waals surface area contributed by atoms with E-state index in [1.165, 1.54) is 6.07 Å². The number of likely N-dealkylation sites (N-methyl/N-ethyl adjacent to an activating group) is 2. The van der Waals surface area contributed by atoms with Crippen molar-refractivity contribution in [2.24, 2.45) is 0 Å². The van der Waals surface area contributed by atoms with Crippen molar-refractivity contribution >= 4 is 22.6 Å². The third-order valence-electron chi connectivity index (χ3n) is 13.5. The van der Waals surface area contributed by atoms with E-state index in [1.54, 1.807) is 35.0 Å². The number of fused-ring (bicyclic) bond motifs is 2. The van der Waals surface area contributed by atoms with Gasteiger partial charge in [0.15, 0.2) is 18.4 Å². The first kappa shape index (κ1) is 51.0. The van der Waals surface area contributed by atoms with Crippen LogP contribution >= 0.6 is 0 Å². The normalized spacial score (nSPS) is 35.4. The number of nitrogens with one attached hydrogen (secondary N) is 1. The Bertz CT molecular complexity index is 2050. The number of carbonyl (C=O) groups is 1. The Hall–Kier alpha value is -2.90. The fourth-order valence-electron chi connectivity index (χ4n) is 10.5. The Balaban J connectivity index is 1.16. The number of aliphatic hydroxyl groups is 6. The van der Waals surface area contributed by atoms with Gasteiger partial charge in [-0.25, -0.2) is 4.79 Å². The molecule has 3 fully saturated rings. The zero-order chi connectivity index (χ0) is 48.2. The topological polar surface area (TPSA) is 249 Å². The van der Waals surface area contributed by atoms with Gasteiger partial charge >= 0.3 is 5.63 Å². The molecule has 0 bridgehead atoms. The van der Waals surface area contributed by atoms with Gasteiger partial charge in [0.05, 0.1) is 74.3 Å². The number of aryl methyl sites for hydroxylation is 2. The van der Waals surface area contributed by atoms with Gasteiger partial charge in [-0.1, -0.05) is 0 Å². The van der Waals surface area contributed by atoms with Crippen molar-refractivity contribution in [2.45, 2.75) is 158 Å². The minimum absolute atomic E-state index is 0.00622. The highest BCUT2D eigenvalue weighted by Crippen LogP contribution is 2.41. The van der Waals surface area contributed by atoms with Gasteiger partial charge in [-0.05, 0) is 71.1 Å². The van der Waals surface area contributed by atoms with Gasteiger partial charge < -0.3 is 87.4 Å². The fourth-order valence-corrected chi connectivity index (χ4v) is 10.5. The summed E-state index contributed by atoms with van der Waals surface area (Å²) < 4.78 is 50.1. The molecule has 20 nitrogen and oxygen atoms in total. The number of hydrogen-bond donors (Lipinski definition) is 7. The van der Waals surface area contributed by atoms with E-state index in [0.29, 0.717) is 11.0 Å². The quantitative estimate of drug-likeness (QED) is 0.0833. The second-order valence-corrected chi connectivity index (χ2v) is 20.8. The second-order valence-electron chi connectivity index (χ2n) is 20.8. The van der Waals surface area contributed by atoms with Gasteiger partial charge in [-0.15, -0.1) is 0 Å². The van der Waals surface area contributed by atoms with Crippen LogP contribution in [-0.4, -0.2) is 225 Å². The number of nitrogens with zero attached hydrogens (tertiary/aromatic N) is 3. The number of quaternary nitrogens is 2. The first-order valence-electron chi connectivity index (χ1n) is 23.3. The zero-order valence-corrected chi connectivity index (χ0v) is 39.9. The molecule has 20 heteroatoms. The average Bonchev–Trinajstić information content (AvgIpc) is 3.23. The van der Waals surface area contributed by atoms with Crippen LogP contribution in [0.2, 0.25) is 0 Å². The van der Waals surface area contributed by atoms with Gasteiger partial charge in [-0.2, -0.15) is 0 Å². The molecule has 1 amide bonds. The minimum atomic E-state index is -1.66. The van der Waals surface area contributed by atoms with Crippen molar-refractivity contribution in [1.29, 1.82) is 0 Å². The molecule has 3 saturated heterocycles. The zero-order valence-electron chi connectivity index (χ0n) is 39.9. The van der Waals surface area contributed by atoms with Crippen molar-refractivity contribution in [1.82, 2.24) is 5.32 Å². The van der Waals surface area contributed by atoms with Gasteiger partial charge in [-0.3, -0.25) is 4.79 Å². The summed E-state index contributed by atoms with van der Waals surface area (Å²) in [5, 5.41) is 71.5. The summed E-state index contributed by atoms with van der Waals surface area (Å²) in [6.45, 7) is 7.12. The molecule has 372 valence electrons. The third kappa shape index (κ3) is 10.2. The van der Waals surface area contributed by atoms with E-state index >= 15 is 0 Å². The molecular formula is C46H74N4O16+2. The lowest BCUT2D eigenvalue weighted by Crippen LogP contribution is -2.73. The van der Waals surface area contributed by atoms with E-state index in [2.05, 4.69) is 10.2 Å². The Labute approximate surface area is 386 Å². The number of carbonyl (C=O) groups excluding carboxylic acids is 1. The van der Waals surface area contributed by atoms with Crippen molar-refractivity contribution in [3.05, 3.63) is 39.2 Å². The molecule has 0 saturated carbocycles. The molecule has 6 heterocycles. The molecule has 0 radical (unpaired) electrons. The minimum Gasteiger partial charge on any atom is -0.422 e. The Morgan fingerprint density at radius 3 is 1.76 bits per heavy atom. The number of hydrogen-bond acceptors (Lipinski definition) is 17. The summed E-state index contributed by atoms with van der Waals surface area (Å²) in [7, 11) is 10.8. The predicted molar refractivity (Wildman–Crippen MR) is 237 cm³/mol. The lowest BCUT2D eigenvalue weighted by atomic mass is 9.90. The molecule has 2 aromatic rings. The summed E-state index contributed by atoms with van der Waals surface area (Å²) in [6.07, 6.45) is -12.6. The Kier molecular flexibility index (Phi) is 15.6. The van der Waals surface area contributed by atoms with Crippen molar-refractivity contribution in [2.75, 3.05) is 80.1 Å². The highest BCUT2D eigenvalue weighted by molar-refractivity contribution is 5.98. The first-order valence-corrected chi connectivity index (χ1v) is 23.3. The van der Waals surface area contributed by atoms with Crippen LogP contribution in [0.1, 0.15) is 62.0 Å². The van der Waals surface area contributed by atoms with Gasteiger partial charge in [0.2, 0.25) is 12.6 Å². The van der Waals surface area contributed by atoms with Crippen LogP contribution in [0.5, 0.6) is 0 Å². The third-order valence-corrected chi connectivity index (χ3v) is 13.5. The molecular weight excluding hydrogens is 865 g/mol. The van der Waals surface area contributed by atoms with E-state index in [4.69, 9.17) is 37.6 Å². The number of benzene rings is 1. The summed E-state index contributed by atoms with van der Waals surface area (Å²) in [5.41, 5.74) is 2.54. The smallest absolute Gasteiger partial charge is 0.349 e. The molecule has 6 unspecified atom stereocenters. The fraction of sp³-hybridized carbons (Fsp3) is 0.783. The molecule has 0 spiro atoms. The number of ether oxygens (including phenoxy) is 7. The standard InChI is InChI=1S/C46H73N4O16/c1-22(2)59-40-29(20-52)62-46(33(36(40)55)49(5,6)7)66-41-30(21-53)63-45(34(37(41)56)50(8,9)10)65-39-28(19-51)61-44(60-23(3)4)31(35(39)54)47-42(57)27-18-25-17-24-13-11-15-48-16-12-14-26(32(24)48)38(25)64-43(27)58/h17-18,22-23,28-31,33-37,39-41,44-46,51-56H,11-16,19-21H2,1-10H3/q+1/p+1/t28?,29?,30?,31?,33?,34?,35-,36-,37-,39+,40+,41+,44-,45+,46+/m1/s1. The van der Waals surface area contributed by atoms with Crippen LogP contribution in [0.25, 0.3) is 11.0 Å². The van der Waals surface area contributed by atoms with Crippen molar-refractivity contribution in [3.8, 4) is 0 Å². The highest BCUT2D eigenvalue weighted by Gasteiger charge is 2.59. The summed E-state index contributed by atoms with van der Waals surface area (Å²) in [4.78, 5) is 30.1. The molecule has 1 aromatic carbocycles. The van der Waals surface area contributed by atoms with Gasteiger partial charge in [0.1, 0.15) is 72.1 Å². The number of rotatable bonds is 15. The van der Waals surface area contributed by atoms with E-state index in [0.717, 1.165) is 55.6 Å². The van der Waals surface area contributed by atoms with Crippen LogP contribution in [0.4, 0.5) is 5.69 Å².